The highest BCUT2D eigenvalue weighted by molar-refractivity contribution is 6.78. The smallest absolute Gasteiger partial charge is 0.407 e. The molecule has 4 amide bonds. The van der Waals surface area contributed by atoms with Gasteiger partial charge in [0.1, 0.15) is 23.7 Å². The molecule has 318 valence electrons. The van der Waals surface area contributed by atoms with E-state index in [-0.39, 0.29) is 35.7 Å². The minimum absolute atomic E-state index is 0.0566. The highest BCUT2D eigenvalue weighted by Crippen LogP contribution is 2.40. The lowest BCUT2D eigenvalue weighted by Crippen LogP contribution is -2.52. The van der Waals surface area contributed by atoms with Gasteiger partial charge in [0.25, 0.3) is 0 Å². The summed E-state index contributed by atoms with van der Waals surface area (Å²) in [7, 11) is 0.831. The lowest BCUT2D eigenvalue weighted by atomic mass is 9.97. The summed E-state index contributed by atoms with van der Waals surface area (Å²) in [5.41, 5.74) is 5.76. The van der Waals surface area contributed by atoms with Gasteiger partial charge in [0, 0.05) is 18.1 Å². The van der Waals surface area contributed by atoms with Gasteiger partial charge in [-0.15, -0.1) is 0 Å². The number of likely N-dealkylation sites (tertiary alicyclic amines) is 1. The number of hydrogen-bond donors (Lipinski definition) is 4. The molecule has 5 aromatic rings. The predicted octanol–water partition coefficient (Wildman–Crippen LogP) is 8.11. The monoisotopic (exact) mass is 834 g/mol. The largest absolute Gasteiger partial charge is 0.453 e. The average molecular weight is 835 g/mol. The second kappa shape index (κ2) is 17.5. The first-order valence-corrected chi connectivity index (χ1v) is 24.5. The van der Waals surface area contributed by atoms with Crippen LogP contribution in [0.1, 0.15) is 77.1 Å². The maximum Gasteiger partial charge on any atom is 0.407 e. The fourth-order valence-electron chi connectivity index (χ4n) is 8.82. The zero-order valence-corrected chi connectivity index (χ0v) is 36.9. The van der Waals surface area contributed by atoms with Crippen LogP contribution in [0.4, 0.5) is 9.59 Å². The molecule has 15 heteroatoms. The van der Waals surface area contributed by atoms with Crippen LogP contribution in [0.5, 0.6) is 0 Å². The van der Waals surface area contributed by atoms with E-state index in [9.17, 15) is 19.2 Å². The number of carbonyl (C=O) groups excluding carboxylic acids is 4. The number of aromatic nitrogens is 4. The van der Waals surface area contributed by atoms with E-state index >= 15 is 0 Å². The number of hydrogen-bond acceptors (Lipinski definition) is 8. The van der Waals surface area contributed by atoms with Crippen LogP contribution in [0.2, 0.25) is 19.1 Å². The van der Waals surface area contributed by atoms with Crippen molar-refractivity contribution in [1.29, 1.82) is 0 Å². The molecule has 7 rings (SSSR count). The van der Waals surface area contributed by atoms with Gasteiger partial charge in [-0.2, -0.15) is 0 Å². The summed E-state index contributed by atoms with van der Waals surface area (Å²) in [6.07, 6.45) is 4.38. The van der Waals surface area contributed by atoms with Gasteiger partial charge in [-0.25, -0.2) is 19.6 Å². The van der Waals surface area contributed by atoms with Gasteiger partial charge in [0.2, 0.25) is 11.8 Å². The van der Waals surface area contributed by atoms with Crippen molar-refractivity contribution < 1.29 is 28.7 Å². The van der Waals surface area contributed by atoms with Gasteiger partial charge in [-0.05, 0) is 64.9 Å². The Kier molecular flexibility index (Phi) is 12.4. The molecule has 4 N–H and O–H groups in total. The summed E-state index contributed by atoms with van der Waals surface area (Å²) in [6, 6.07) is 18.0. The fourth-order valence-corrected chi connectivity index (χ4v) is 11.7. The molecule has 2 aliphatic rings. The Morgan fingerprint density at radius 2 is 1.42 bits per heavy atom. The van der Waals surface area contributed by atoms with Crippen LogP contribution in [-0.2, 0) is 19.1 Å². The number of amides is 4. The topological polar surface area (TPSA) is 175 Å². The number of imidazole rings is 2. The number of rotatable bonds is 12. The summed E-state index contributed by atoms with van der Waals surface area (Å²) < 4.78 is 9.69. The van der Waals surface area contributed by atoms with Gasteiger partial charge in [0.15, 0.2) is 0 Å². The van der Waals surface area contributed by atoms with Gasteiger partial charge in [-0.1, -0.05) is 96.1 Å². The zero-order chi connectivity index (χ0) is 42.9. The summed E-state index contributed by atoms with van der Waals surface area (Å²) in [5, 5.41) is 7.68. The zero-order valence-electron chi connectivity index (χ0n) is 35.9. The van der Waals surface area contributed by atoms with Crippen LogP contribution in [-0.4, -0.2) is 101 Å². The first kappa shape index (κ1) is 42.4. The molecule has 0 saturated carbocycles. The minimum atomic E-state index is -1.78. The molecule has 2 saturated heterocycles. The molecular weight excluding hydrogens is 777 g/mol. The molecule has 60 heavy (non-hydrogen) atoms. The van der Waals surface area contributed by atoms with Crippen LogP contribution in [0.15, 0.2) is 60.8 Å². The van der Waals surface area contributed by atoms with Gasteiger partial charge < -0.3 is 39.9 Å². The number of methoxy groups -OCH3 is 2. The van der Waals surface area contributed by atoms with E-state index in [2.05, 4.69) is 82.2 Å². The Bertz CT molecular complexity index is 2380. The van der Waals surface area contributed by atoms with Crippen molar-refractivity contribution in [2.24, 2.45) is 11.8 Å². The molecule has 2 aliphatic heterocycles. The van der Waals surface area contributed by atoms with Crippen LogP contribution < -0.4 is 10.6 Å². The van der Waals surface area contributed by atoms with Crippen molar-refractivity contribution in [1.82, 2.24) is 40.4 Å². The number of nitrogens with one attached hydrogen (secondary N) is 4. The molecular formula is C45H58N8O6Si. The number of benzene rings is 3. The van der Waals surface area contributed by atoms with Crippen molar-refractivity contribution in [3.8, 4) is 22.4 Å². The molecule has 0 radical (unpaired) electrons. The summed E-state index contributed by atoms with van der Waals surface area (Å²) in [5.74, 6) is 1.16. The number of H-pyrrole nitrogens is 2. The third kappa shape index (κ3) is 8.49. The highest BCUT2D eigenvalue weighted by Gasteiger charge is 2.46. The molecule has 6 atom stereocenters. The van der Waals surface area contributed by atoms with E-state index < -0.39 is 32.3 Å². The lowest BCUT2D eigenvalue weighted by Gasteiger charge is -2.31. The van der Waals surface area contributed by atoms with Crippen molar-refractivity contribution in [3.05, 3.63) is 72.4 Å². The van der Waals surface area contributed by atoms with Crippen molar-refractivity contribution in [2.45, 2.75) is 96.7 Å². The third-order valence-corrected chi connectivity index (χ3v) is 15.4. The summed E-state index contributed by atoms with van der Waals surface area (Å²) in [4.78, 5) is 72.9. The number of ether oxygens (including phenoxy) is 2. The summed E-state index contributed by atoms with van der Waals surface area (Å²) in [6.45, 7) is 13.1. The molecule has 0 bridgehead atoms. The third-order valence-electron chi connectivity index (χ3n) is 12.7. The minimum Gasteiger partial charge on any atom is -0.453 e. The van der Waals surface area contributed by atoms with Gasteiger partial charge in [-0.3, -0.25) is 9.59 Å². The van der Waals surface area contributed by atoms with Gasteiger partial charge in [0.05, 0.1) is 57.3 Å². The first-order valence-electron chi connectivity index (χ1n) is 21.1. The molecule has 2 unspecified atom stereocenters. The summed E-state index contributed by atoms with van der Waals surface area (Å²) >= 11 is 0. The second-order valence-electron chi connectivity index (χ2n) is 17.3. The van der Waals surface area contributed by atoms with Crippen LogP contribution in [0.3, 0.4) is 0 Å². The highest BCUT2D eigenvalue weighted by atomic mass is 28.3. The number of aromatic amines is 2. The number of nitrogens with zero attached hydrogens (tertiary/aromatic N) is 4. The SMILES string of the molecule is CCC(C)[C@H](NC(=O)OC)C(=O)N1CCC[C@H]1c1ncc(-c2ccc(-c3ccc4c(ccc5nc([C@@H]6C[Si](C)(C)CN6C(=O)[C@@H](NC(=O)OC)C(C)CC)[nH]c54)c3)cc2)[nH]1. The standard InChI is InChI=1S/C45H58N8O6Si/c1-9-26(3)37(50-44(56)58-5)42(54)52-21-11-12-35(52)40-46-23-34(48-40)29-15-13-28(14-16-29)30-17-19-32-31(22-30)18-20-33-39(32)49-41(47-33)36-24-60(7,8)25-53(36)43(55)38(27(4)10-2)51-45(57)59-6/h13-20,22-23,26-27,35-38H,9-12,21,24-25H2,1-8H3,(H,46,48)(H,47,49)(H,50,56)(H,51,57)/t26?,27?,35-,36-,37-,38-/m0/s1. The second-order valence-corrected chi connectivity index (χ2v) is 22.4. The average Bonchev–Trinajstić information content (AvgIpc) is 4.09. The van der Waals surface area contributed by atoms with Crippen molar-refractivity contribution in [2.75, 3.05) is 26.9 Å². The first-order chi connectivity index (χ1) is 28.7. The molecule has 4 heterocycles. The van der Waals surface area contributed by atoms with E-state index in [0.717, 1.165) is 87.6 Å². The molecule has 14 nitrogen and oxygen atoms in total. The Balaban J connectivity index is 1.09. The van der Waals surface area contributed by atoms with E-state index in [1.165, 1.54) is 14.2 Å². The Morgan fingerprint density at radius 1 is 0.800 bits per heavy atom. The fraction of sp³-hybridized carbons (Fsp3) is 0.467. The van der Waals surface area contributed by atoms with Crippen molar-refractivity contribution >= 4 is 53.9 Å². The maximum atomic E-state index is 14.1. The van der Waals surface area contributed by atoms with E-state index in [4.69, 9.17) is 19.4 Å². The van der Waals surface area contributed by atoms with Crippen molar-refractivity contribution in [3.63, 3.8) is 0 Å². The Labute approximate surface area is 352 Å². The normalized spacial score (nSPS) is 19.5. The number of carbonyl (C=O) groups is 4. The van der Waals surface area contributed by atoms with Crippen LogP contribution >= 0.6 is 0 Å². The Morgan fingerprint density at radius 3 is 2.05 bits per heavy atom. The van der Waals surface area contributed by atoms with E-state index in [1.54, 1.807) is 0 Å². The maximum absolute atomic E-state index is 14.1. The molecule has 0 spiro atoms. The predicted molar refractivity (Wildman–Crippen MR) is 235 cm³/mol. The van der Waals surface area contributed by atoms with Crippen LogP contribution in [0, 0.1) is 11.8 Å². The van der Waals surface area contributed by atoms with Gasteiger partial charge >= 0.3 is 12.2 Å². The molecule has 3 aromatic carbocycles. The molecule has 2 fully saturated rings. The van der Waals surface area contributed by atoms with E-state index in [1.807, 2.05) is 49.8 Å². The number of fused-ring (bicyclic) bond motifs is 3. The number of alkyl carbamates (subject to hydrolysis) is 2. The quantitative estimate of drug-likeness (QED) is 0.0913. The van der Waals surface area contributed by atoms with Crippen LogP contribution in [0.25, 0.3) is 44.2 Å². The van der Waals surface area contributed by atoms with E-state index in [0.29, 0.717) is 12.7 Å². The Hall–Kier alpha value is -5.70. The molecule has 2 aromatic heterocycles. The molecule has 0 aliphatic carbocycles. The lowest BCUT2D eigenvalue weighted by molar-refractivity contribution is -0.136.